The number of phenolic OH excluding ortho intramolecular Hbond substituents is 1. The molecule has 0 atom stereocenters. The van der Waals surface area contributed by atoms with Crippen molar-refractivity contribution in [2.24, 2.45) is 11.0 Å². The molecule has 0 spiro atoms. The van der Waals surface area contributed by atoms with Crippen molar-refractivity contribution in [3.05, 3.63) is 39.9 Å². The van der Waals surface area contributed by atoms with Crippen molar-refractivity contribution in [3.8, 4) is 5.75 Å². The smallest absolute Gasteiger partial charge is 0.243 e. The Balaban J connectivity index is 1.99. The highest BCUT2D eigenvalue weighted by Crippen LogP contribution is 2.31. The summed E-state index contributed by atoms with van der Waals surface area (Å²) in [5, 5.41) is 14.0. The minimum Gasteiger partial charge on any atom is -0.506 e. The maximum atomic E-state index is 11.6. The second kappa shape index (κ2) is 5.63. The molecule has 0 radical (unpaired) electrons. The lowest BCUT2D eigenvalue weighted by molar-refractivity contribution is -0.126. The number of hydrogen-bond donors (Lipinski definition) is 2. The van der Waals surface area contributed by atoms with Crippen LogP contribution in [0.2, 0.25) is 10.0 Å². The molecule has 2 rings (SSSR count). The van der Waals surface area contributed by atoms with E-state index in [0.717, 1.165) is 5.57 Å². The van der Waals surface area contributed by atoms with Crippen molar-refractivity contribution in [2.75, 3.05) is 0 Å². The molecule has 6 heteroatoms. The monoisotopic (exact) mass is 298 g/mol. The number of amides is 1. The van der Waals surface area contributed by atoms with Gasteiger partial charge in [-0.25, -0.2) is 5.43 Å². The number of benzene rings is 1. The van der Waals surface area contributed by atoms with Crippen LogP contribution >= 0.6 is 23.2 Å². The Morgan fingerprint density at radius 3 is 2.79 bits per heavy atom. The van der Waals surface area contributed by atoms with E-state index in [1.807, 2.05) is 0 Å². The standard InChI is InChI=1S/C13H12Cl2N2O2/c1-7-2-8(3-7)13(19)17-16-6-9-4-10(14)5-11(15)12(9)18/h4-6,8,18H,1-3H2,(H,17,19)/b16-6+. The van der Waals surface area contributed by atoms with Gasteiger partial charge in [0, 0.05) is 16.5 Å². The summed E-state index contributed by atoms with van der Waals surface area (Å²) in [6, 6.07) is 2.93. The van der Waals surface area contributed by atoms with Crippen molar-refractivity contribution in [1.29, 1.82) is 0 Å². The SMILES string of the molecule is C=C1CC(C(=O)N/N=C/c2cc(Cl)cc(Cl)c2O)C1. The van der Waals surface area contributed by atoms with E-state index >= 15 is 0 Å². The molecule has 0 aromatic heterocycles. The second-order valence-electron chi connectivity index (χ2n) is 4.41. The molecule has 1 amide bonds. The molecule has 19 heavy (non-hydrogen) atoms. The van der Waals surface area contributed by atoms with Crippen LogP contribution in [-0.4, -0.2) is 17.2 Å². The van der Waals surface area contributed by atoms with Crippen LogP contribution in [0.5, 0.6) is 5.75 Å². The van der Waals surface area contributed by atoms with Crippen molar-refractivity contribution >= 4 is 35.3 Å². The van der Waals surface area contributed by atoms with Crippen LogP contribution in [0.4, 0.5) is 0 Å². The Hall–Kier alpha value is -1.52. The van der Waals surface area contributed by atoms with Crippen molar-refractivity contribution in [3.63, 3.8) is 0 Å². The van der Waals surface area contributed by atoms with E-state index in [2.05, 4.69) is 17.1 Å². The van der Waals surface area contributed by atoms with Gasteiger partial charge in [0.1, 0.15) is 5.75 Å². The van der Waals surface area contributed by atoms with E-state index < -0.39 is 0 Å². The number of halogens is 2. The summed E-state index contributed by atoms with van der Waals surface area (Å²) in [6.07, 6.45) is 2.71. The second-order valence-corrected chi connectivity index (χ2v) is 5.26. The third kappa shape index (κ3) is 3.28. The zero-order chi connectivity index (χ0) is 14.0. The fourth-order valence-corrected chi connectivity index (χ4v) is 2.27. The highest BCUT2D eigenvalue weighted by molar-refractivity contribution is 6.36. The topological polar surface area (TPSA) is 61.7 Å². The van der Waals surface area contributed by atoms with Crippen LogP contribution in [0.15, 0.2) is 29.4 Å². The lowest BCUT2D eigenvalue weighted by atomic mass is 9.81. The predicted molar refractivity (Wildman–Crippen MR) is 75.7 cm³/mol. The first-order valence-electron chi connectivity index (χ1n) is 5.65. The number of carbonyl (C=O) groups excluding carboxylic acids is 1. The molecule has 4 nitrogen and oxygen atoms in total. The number of allylic oxidation sites excluding steroid dienone is 1. The molecular weight excluding hydrogens is 287 g/mol. The number of rotatable bonds is 3. The average molecular weight is 299 g/mol. The van der Waals surface area contributed by atoms with E-state index in [-0.39, 0.29) is 22.6 Å². The summed E-state index contributed by atoms with van der Waals surface area (Å²) in [6.45, 7) is 3.77. The molecule has 0 bridgehead atoms. The van der Waals surface area contributed by atoms with Gasteiger partial charge >= 0.3 is 0 Å². The van der Waals surface area contributed by atoms with Gasteiger partial charge in [0.2, 0.25) is 5.91 Å². The third-order valence-electron chi connectivity index (χ3n) is 2.88. The third-order valence-corrected chi connectivity index (χ3v) is 3.38. The molecule has 0 heterocycles. The first-order valence-corrected chi connectivity index (χ1v) is 6.40. The van der Waals surface area contributed by atoms with Gasteiger partial charge in [0.15, 0.2) is 0 Å². The zero-order valence-corrected chi connectivity index (χ0v) is 11.5. The van der Waals surface area contributed by atoms with E-state index in [4.69, 9.17) is 23.2 Å². The van der Waals surface area contributed by atoms with Gasteiger partial charge in [-0.15, -0.1) is 0 Å². The van der Waals surface area contributed by atoms with Crippen molar-refractivity contribution < 1.29 is 9.90 Å². The van der Waals surface area contributed by atoms with Crippen molar-refractivity contribution in [2.45, 2.75) is 12.8 Å². The van der Waals surface area contributed by atoms with Crippen LogP contribution < -0.4 is 5.43 Å². The van der Waals surface area contributed by atoms with Crippen LogP contribution in [0, 0.1) is 5.92 Å². The van der Waals surface area contributed by atoms with Gasteiger partial charge in [0.25, 0.3) is 0 Å². The summed E-state index contributed by atoms with van der Waals surface area (Å²) in [4.78, 5) is 11.6. The molecule has 1 fully saturated rings. The van der Waals surface area contributed by atoms with E-state index in [9.17, 15) is 9.90 Å². The zero-order valence-electron chi connectivity index (χ0n) is 9.99. The fraction of sp³-hybridized carbons (Fsp3) is 0.231. The highest BCUT2D eigenvalue weighted by Gasteiger charge is 2.28. The molecule has 1 aromatic rings. The fourth-order valence-electron chi connectivity index (χ4n) is 1.76. The van der Waals surface area contributed by atoms with Crippen LogP contribution in [0.1, 0.15) is 18.4 Å². The molecule has 1 aromatic carbocycles. The number of nitrogens with zero attached hydrogens (tertiary/aromatic N) is 1. The lowest BCUT2D eigenvalue weighted by Crippen LogP contribution is -2.32. The highest BCUT2D eigenvalue weighted by atomic mass is 35.5. The lowest BCUT2D eigenvalue weighted by Gasteiger charge is -2.25. The van der Waals surface area contributed by atoms with E-state index in [1.54, 1.807) is 0 Å². The molecule has 1 aliphatic rings. The number of hydrogen-bond acceptors (Lipinski definition) is 3. The summed E-state index contributed by atoms with van der Waals surface area (Å²) in [5.41, 5.74) is 3.83. The Morgan fingerprint density at radius 1 is 1.47 bits per heavy atom. The van der Waals surface area contributed by atoms with E-state index in [1.165, 1.54) is 18.3 Å². The Labute approximate surface area is 120 Å². The maximum absolute atomic E-state index is 11.6. The average Bonchev–Trinajstić information content (AvgIpc) is 2.31. The number of hydrazone groups is 1. The van der Waals surface area contributed by atoms with Crippen LogP contribution in [-0.2, 0) is 4.79 Å². The molecule has 0 aliphatic heterocycles. The minimum atomic E-state index is -0.156. The quantitative estimate of drug-likeness (QED) is 0.512. The van der Waals surface area contributed by atoms with Gasteiger partial charge in [-0.3, -0.25) is 4.79 Å². The Bertz CT molecular complexity index is 562. The first-order chi connectivity index (χ1) is 8.97. The van der Waals surface area contributed by atoms with Crippen molar-refractivity contribution in [1.82, 2.24) is 5.43 Å². The molecular formula is C13H12Cl2N2O2. The molecule has 2 N–H and O–H groups in total. The summed E-state index contributed by atoms with van der Waals surface area (Å²) >= 11 is 11.6. The van der Waals surface area contributed by atoms with Gasteiger partial charge in [-0.05, 0) is 25.0 Å². The first kappa shape index (κ1) is 13.9. The minimum absolute atomic E-state index is 0.0544. The number of aromatic hydroxyl groups is 1. The van der Waals surface area contributed by atoms with E-state index in [0.29, 0.717) is 23.4 Å². The molecule has 1 aliphatic carbocycles. The van der Waals surface area contributed by atoms with Crippen LogP contribution in [0.25, 0.3) is 0 Å². The Morgan fingerprint density at radius 2 is 2.16 bits per heavy atom. The summed E-state index contributed by atoms with van der Waals surface area (Å²) in [7, 11) is 0. The van der Waals surface area contributed by atoms with Gasteiger partial charge < -0.3 is 5.11 Å². The molecule has 0 unspecified atom stereocenters. The molecule has 100 valence electrons. The predicted octanol–water partition coefficient (Wildman–Crippen LogP) is 3.12. The van der Waals surface area contributed by atoms with Gasteiger partial charge in [-0.1, -0.05) is 35.4 Å². The number of carbonyl (C=O) groups is 1. The molecule has 1 saturated carbocycles. The number of nitrogens with one attached hydrogen (secondary N) is 1. The van der Waals surface area contributed by atoms with Gasteiger partial charge in [0.05, 0.1) is 11.2 Å². The molecule has 0 saturated heterocycles. The van der Waals surface area contributed by atoms with Crippen LogP contribution in [0.3, 0.4) is 0 Å². The normalized spacial score (nSPS) is 15.6. The van der Waals surface area contributed by atoms with Gasteiger partial charge in [-0.2, -0.15) is 5.10 Å². The largest absolute Gasteiger partial charge is 0.506 e. The summed E-state index contributed by atoms with van der Waals surface area (Å²) < 4.78 is 0. The number of phenols is 1. The maximum Gasteiger partial charge on any atom is 0.243 e. The summed E-state index contributed by atoms with van der Waals surface area (Å²) in [5.74, 6) is -0.335. The Kier molecular flexibility index (Phi) is 4.12.